The summed E-state index contributed by atoms with van der Waals surface area (Å²) in [5, 5.41) is 7.60. The molecule has 2 N–H and O–H groups in total. The molecule has 6 rings (SSSR count). The number of nitrogens with zero attached hydrogens (tertiary/aromatic N) is 2. The molecule has 4 heterocycles. The Morgan fingerprint density at radius 1 is 1.14 bits per heavy atom. The smallest absolute Gasteiger partial charge is 0.344 e. The quantitative estimate of drug-likeness (QED) is 0.565. The number of carbonyl (C=O) groups excluding carboxylic acids is 2. The summed E-state index contributed by atoms with van der Waals surface area (Å²) in [6.07, 6.45) is 5.61. The van der Waals surface area contributed by atoms with E-state index in [-0.39, 0.29) is 23.6 Å². The van der Waals surface area contributed by atoms with Crippen molar-refractivity contribution >= 4 is 28.4 Å². The fourth-order valence-electron chi connectivity index (χ4n) is 6.30. The van der Waals surface area contributed by atoms with Gasteiger partial charge in [-0.2, -0.15) is 0 Å². The molecular weight excluding hydrogens is 468 g/mol. The van der Waals surface area contributed by atoms with Crippen molar-refractivity contribution in [1.82, 2.24) is 15.2 Å². The number of anilines is 1. The molecule has 0 bridgehead atoms. The van der Waals surface area contributed by atoms with Crippen molar-refractivity contribution in [2.24, 2.45) is 11.8 Å². The van der Waals surface area contributed by atoms with Crippen LogP contribution in [0.4, 0.5) is 5.82 Å². The topological polar surface area (TPSA) is 105 Å². The van der Waals surface area contributed by atoms with Gasteiger partial charge in [-0.15, -0.1) is 0 Å². The summed E-state index contributed by atoms with van der Waals surface area (Å²) in [5.74, 6) is 1.59. The van der Waals surface area contributed by atoms with Gasteiger partial charge < -0.3 is 20.0 Å². The van der Waals surface area contributed by atoms with Gasteiger partial charge in [0.15, 0.2) is 5.76 Å². The third kappa shape index (κ3) is 4.61. The SMILES string of the molecule is Cc1nc2c(cc1C(=O)N1CCC3CC(NC(=O)c4cc5ccccc5c(=O)o4)CCC3C1)CCCN2. The number of pyridine rings is 1. The number of likely N-dealkylation sites (tertiary alicyclic amines) is 1. The van der Waals surface area contributed by atoms with Gasteiger partial charge in [-0.05, 0) is 86.4 Å². The second-order valence-electron chi connectivity index (χ2n) is 10.7. The van der Waals surface area contributed by atoms with Crippen LogP contribution >= 0.6 is 0 Å². The minimum Gasteiger partial charge on any atom is -0.417 e. The minimum absolute atomic E-state index is 0.0346. The molecule has 2 amide bonds. The number of benzene rings is 1. The number of aromatic nitrogens is 1. The van der Waals surface area contributed by atoms with E-state index < -0.39 is 5.63 Å². The predicted molar refractivity (Wildman–Crippen MR) is 141 cm³/mol. The first kappa shape index (κ1) is 23.7. The van der Waals surface area contributed by atoms with E-state index in [9.17, 15) is 14.4 Å². The van der Waals surface area contributed by atoms with Gasteiger partial charge in [-0.1, -0.05) is 18.2 Å². The Balaban J connectivity index is 1.09. The molecule has 1 aromatic carbocycles. The van der Waals surface area contributed by atoms with Crippen LogP contribution in [0.15, 0.2) is 45.6 Å². The molecule has 0 radical (unpaired) electrons. The second kappa shape index (κ2) is 9.65. The van der Waals surface area contributed by atoms with Crippen LogP contribution in [-0.2, 0) is 6.42 Å². The lowest BCUT2D eigenvalue weighted by Crippen LogP contribution is -2.49. The summed E-state index contributed by atoms with van der Waals surface area (Å²) in [6.45, 7) is 4.32. The number of hydrogen-bond donors (Lipinski definition) is 2. The van der Waals surface area contributed by atoms with Gasteiger partial charge in [0.25, 0.3) is 11.8 Å². The minimum atomic E-state index is -0.496. The molecule has 1 saturated heterocycles. The summed E-state index contributed by atoms with van der Waals surface area (Å²) in [4.78, 5) is 45.3. The maximum Gasteiger partial charge on any atom is 0.344 e. The zero-order chi connectivity index (χ0) is 25.5. The highest BCUT2D eigenvalue weighted by Crippen LogP contribution is 2.37. The van der Waals surface area contributed by atoms with E-state index in [0.717, 1.165) is 80.8 Å². The third-order valence-electron chi connectivity index (χ3n) is 8.32. The van der Waals surface area contributed by atoms with Gasteiger partial charge in [0.2, 0.25) is 0 Å². The van der Waals surface area contributed by atoms with Crippen LogP contribution in [-0.4, -0.2) is 47.4 Å². The maximum absolute atomic E-state index is 13.4. The highest BCUT2D eigenvalue weighted by Gasteiger charge is 2.37. The van der Waals surface area contributed by atoms with E-state index in [1.165, 1.54) is 0 Å². The molecule has 2 aromatic heterocycles. The van der Waals surface area contributed by atoms with Crippen LogP contribution in [0.2, 0.25) is 0 Å². The average molecular weight is 501 g/mol. The number of nitrogens with one attached hydrogen (secondary N) is 2. The van der Waals surface area contributed by atoms with Crippen molar-refractivity contribution in [2.75, 3.05) is 25.0 Å². The first-order valence-corrected chi connectivity index (χ1v) is 13.3. The Labute approximate surface area is 215 Å². The van der Waals surface area contributed by atoms with Crippen molar-refractivity contribution in [2.45, 2.75) is 51.5 Å². The first-order valence-electron chi connectivity index (χ1n) is 13.3. The molecule has 8 heteroatoms. The lowest BCUT2D eigenvalue weighted by Gasteiger charge is -2.43. The summed E-state index contributed by atoms with van der Waals surface area (Å²) in [6, 6.07) is 10.8. The summed E-state index contributed by atoms with van der Waals surface area (Å²) in [7, 11) is 0. The number of aryl methyl sites for hydroxylation is 2. The van der Waals surface area contributed by atoms with Crippen LogP contribution in [0.5, 0.6) is 0 Å². The monoisotopic (exact) mass is 500 g/mol. The van der Waals surface area contributed by atoms with Crippen LogP contribution in [0.3, 0.4) is 0 Å². The van der Waals surface area contributed by atoms with Gasteiger partial charge in [-0.25, -0.2) is 9.78 Å². The van der Waals surface area contributed by atoms with Gasteiger partial charge in [0.1, 0.15) is 5.82 Å². The molecule has 2 fully saturated rings. The Hall–Kier alpha value is -3.68. The number of piperidine rings is 1. The molecule has 2 aliphatic heterocycles. The molecule has 3 atom stereocenters. The molecule has 3 unspecified atom stereocenters. The first-order chi connectivity index (χ1) is 18.0. The van der Waals surface area contributed by atoms with Crippen molar-refractivity contribution in [3.8, 4) is 0 Å². The Morgan fingerprint density at radius 2 is 2.00 bits per heavy atom. The maximum atomic E-state index is 13.4. The molecule has 1 aliphatic carbocycles. The van der Waals surface area contributed by atoms with Gasteiger partial charge in [0.05, 0.1) is 16.6 Å². The molecular formula is C29H32N4O4. The lowest BCUT2D eigenvalue weighted by molar-refractivity contribution is 0.0475. The van der Waals surface area contributed by atoms with E-state index in [4.69, 9.17) is 4.42 Å². The van der Waals surface area contributed by atoms with Crippen LogP contribution in [0, 0.1) is 18.8 Å². The fourth-order valence-corrected chi connectivity index (χ4v) is 6.30. The van der Waals surface area contributed by atoms with E-state index in [1.54, 1.807) is 18.2 Å². The molecule has 1 saturated carbocycles. The fraction of sp³-hybridized carbons (Fsp3) is 0.448. The van der Waals surface area contributed by atoms with E-state index >= 15 is 0 Å². The molecule has 3 aliphatic rings. The van der Waals surface area contributed by atoms with E-state index in [0.29, 0.717) is 22.6 Å². The number of hydrogen-bond acceptors (Lipinski definition) is 6. The third-order valence-corrected chi connectivity index (χ3v) is 8.32. The molecule has 8 nitrogen and oxygen atoms in total. The number of fused-ring (bicyclic) bond motifs is 3. The number of amides is 2. The summed E-state index contributed by atoms with van der Waals surface area (Å²) in [5.41, 5.74) is 2.14. The molecule has 0 spiro atoms. The van der Waals surface area contributed by atoms with Crippen molar-refractivity contribution < 1.29 is 14.0 Å². The molecule has 37 heavy (non-hydrogen) atoms. The second-order valence-corrected chi connectivity index (χ2v) is 10.7. The molecule has 192 valence electrons. The summed E-state index contributed by atoms with van der Waals surface area (Å²) >= 11 is 0. The largest absolute Gasteiger partial charge is 0.417 e. The van der Waals surface area contributed by atoms with E-state index in [2.05, 4.69) is 15.6 Å². The highest BCUT2D eigenvalue weighted by molar-refractivity contribution is 5.96. The lowest BCUT2D eigenvalue weighted by atomic mass is 9.73. The Kier molecular flexibility index (Phi) is 6.18. The molecule has 3 aromatic rings. The summed E-state index contributed by atoms with van der Waals surface area (Å²) < 4.78 is 5.31. The van der Waals surface area contributed by atoms with Crippen molar-refractivity contribution in [3.05, 3.63) is 69.4 Å². The van der Waals surface area contributed by atoms with Crippen LogP contribution in [0.1, 0.15) is 64.3 Å². The van der Waals surface area contributed by atoms with Crippen LogP contribution in [0.25, 0.3) is 10.8 Å². The highest BCUT2D eigenvalue weighted by atomic mass is 16.4. The van der Waals surface area contributed by atoms with Gasteiger partial charge >= 0.3 is 5.63 Å². The Morgan fingerprint density at radius 3 is 2.89 bits per heavy atom. The van der Waals surface area contributed by atoms with Crippen molar-refractivity contribution in [1.29, 1.82) is 0 Å². The normalized spacial score (nSPS) is 23.1. The Bertz CT molecular complexity index is 1430. The number of carbonyl (C=O) groups is 2. The van der Waals surface area contributed by atoms with Crippen molar-refractivity contribution in [3.63, 3.8) is 0 Å². The average Bonchev–Trinajstić information content (AvgIpc) is 2.92. The van der Waals surface area contributed by atoms with Crippen LogP contribution < -0.4 is 16.3 Å². The predicted octanol–water partition coefficient (Wildman–Crippen LogP) is 3.92. The standard InChI is InChI=1S/C29H32N4O4/c1-17-24(14-20-6-4-11-30-26(20)31-17)28(35)33-12-10-18-13-22(9-8-21(18)16-33)32-27(34)25-15-19-5-2-3-7-23(19)29(36)37-25/h2-3,5,7,14-15,18,21-22H,4,6,8-13,16H2,1H3,(H,30,31)(H,32,34). The number of rotatable bonds is 3. The van der Waals surface area contributed by atoms with Gasteiger partial charge in [-0.3, -0.25) is 9.59 Å². The zero-order valence-corrected chi connectivity index (χ0v) is 21.1. The van der Waals surface area contributed by atoms with Gasteiger partial charge in [0, 0.05) is 25.7 Å². The van der Waals surface area contributed by atoms with E-state index in [1.807, 2.05) is 30.0 Å². The zero-order valence-electron chi connectivity index (χ0n) is 21.1.